The van der Waals surface area contributed by atoms with Crippen LogP contribution >= 0.6 is 81.6 Å². The van der Waals surface area contributed by atoms with Gasteiger partial charge < -0.3 is 10.7 Å². The summed E-state index contributed by atoms with van der Waals surface area (Å²) in [5, 5.41) is 2.38. The first-order valence-electron chi connectivity index (χ1n) is 6.66. The van der Waals surface area contributed by atoms with Gasteiger partial charge in [-0.1, -0.05) is 58.0 Å². The Morgan fingerprint density at radius 3 is 1.92 bits per heavy atom. The fourth-order valence-corrected chi connectivity index (χ4v) is 3.57. The Bertz CT molecular complexity index is 806. The Kier molecular flexibility index (Phi) is 14.3. The molecule has 0 aliphatic heterocycles. The molecule has 3 rings (SSSR count). The second-order valence-electron chi connectivity index (χ2n) is 4.06. The zero-order valence-corrected chi connectivity index (χ0v) is 30.6. The first kappa shape index (κ1) is 25.9. The van der Waals surface area contributed by atoms with Crippen LogP contribution in [-0.2, 0) is 0 Å². The van der Waals surface area contributed by atoms with Crippen LogP contribution in [0.3, 0.4) is 0 Å². The molecule has 1 aromatic heterocycles. The zero-order valence-electron chi connectivity index (χ0n) is 12.6. The number of nitrogens with two attached hydrogens (primary N) is 1. The Morgan fingerprint density at radius 1 is 0.833 bits per heavy atom. The summed E-state index contributed by atoms with van der Waals surface area (Å²) in [6, 6.07) is 6.63. The van der Waals surface area contributed by atoms with Crippen molar-refractivity contribution >= 4 is 171 Å². The van der Waals surface area contributed by atoms with Gasteiger partial charge in [-0.05, 0) is 36.5 Å². The van der Waals surface area contributed by atoms with E-state index in [1.54, 1.807) is 6.07 Å². The number of aromatic nitrogens is 1. The fraction of sp³-hybridized carbons (Fsp3) is 0. The molecular weight excluding hydrogens is 691 g/mol. The molecule has 2 aromatic carbocycles. The van der Waals surface area contributed by atoms with Crippen molar-refractivity contribution in [2.24, 2.45) is 0 Å². The van der Waals surface area contributed by atoms with Crippen molar-refractivity contribution in [3.8, 4) is 0 Å². The van der Waals surface area contributed by atoms with Crippen LogP contribution in [0.5, 0.6) is 0 Å². The third-order valence-electron chi connectivity index (χ3n) is 2.50. The molecule has 11 heteroatoms. The molecule has 0 amide bonds. The second kappa shape index (κ2) is 13.3. The zero-order chi connectivity index (χ0) is 18.4. The molecule has 3 aromatic rings. The van der Waals surface area contributed by atoms with E-state index >= 15 is 0 Å². The van der Waals surface area contributed by atoms with Gasteiger partial charge in [-0.25, -0.2) is 0 Å². The van der Waals surface area contributed by atoms with E-state index in [9.17, 15) is 0 Å². The van der Waals surface area contributed by atoms with Crippen LogP contribution in [0.25, 0.3) is 10.2 Å². The van der Waals surface area contributed by atoms with E-state index in [1.807, 2.05) is 6.07 Å². The van der Waals surface area contributed by atoms with Gasteiger partial charge >= 0.3 is 73.6 Å². The molecule has 0 unspecified atom stereocenters. The van der Waals surface area contributed by atoms with Gasteiger partial charge in [0.1, 0.15) is 0 Å². The summed E-state index contributed by atoms with van der Waals surface area (Å²) in [4.78, 5) is 3.02. The van der Waals surface area contributed by atoms with Crippen LogP contribution in [-0.4, -0.2) is 78.6 Å². The molecule has 0 aliphatic carbocycles. The predicted octanol–water partition coefficient (Wildman–Crippen LogP) is 6.73. The van der Waals surface area contributed by atoms with E-state index in [0.717, 1.165) is 87.8 Å². The summed E-state index contributed by atoms with van der Waals surface area (Å²) in [5.41, 5.74) is 6.80. The molecule has 0 saturated carbocycles. The van der Waals surface area contributed by atoms with E-state index in [-0.39, 0.29) is 0 Å². The molecule has 0 atom stereocenters. The number of nitrogens with one attached hydrogen (secondary N) is 1. The van der Waals surface area contributed by atoms with Gasteiger partial charge in [0.25, 0.3) is 0 Å². The molecule has 0 fully saturated rings. The molecule has 24 heavy (non-hydrogen) atoms. The summed E-state index contributed by atoms with van der Waals surface area (Å²) in [6.07, 6.45) is 0. The predicted molar refractivity (Wildman–Crippen MR) is 114 cm³/mol. The van der Waals surface area contributed by atoms with Crippen molar-refractivity contribution in [1.82, 2.24) is 4.98 Å². The van der Waals surface area contributed by atoms with Gasteiger partial charge in [-0.2, -0.15) is 0 Å². The molecule has 118 valence electrons. The Morgan fingerprint density at radius 2 is 1.33 bits per heavy atom. The van der Waals surface area contributed by atoms with Crippen LogP contribution < -0.4 is 5.73 Å². The molecular formula is C13H7Cl5Cs2N2S2. The number of fused-ring (bicyclic) bond motifs is 1. The molecule has 1 heterocycles. The van der Waals surface area contributed by atoms with E-state index in [0.29, 0.717) is 30.8 Å². The number of hydrogen-bond donors (Lipinski definition) is 2. The number of rotatable bonds is 0. The van der Waals surface area contributed by atoms with Gasteiger partial charge in [0.2, 0.25) is 0 Å². The summed E-state index contributed by atoms with van der Waals surface area (Å²) < 4.78 is 1.78. The number of thiazole rings is 1. The number of H-pyrrole nitrogens is 1. The van der Waals surface area contributed by atoms with Crippen LogP contribution in [0.15, 0.2) is 24.3 Å². The van der Waals surface area contributed by atoms with Crippen molar-refractivity contribution in [3.63, 3.8) is 0 Å². The first-order chi connectivity index (χ1) is 11.3. The van der Waals surface area contributed by atoms with Crippen molar-refractivity contribution < 1.29 is 0 Å². The minimum atomic E-state index is 0.417. The standard InChI is InChI=1S/C7H3Cl2NS2.C6H4Cl3N.2Cs/c8-3-1-5-6(2-4(3)9)12-7(11)10-5;7-3-1-5(9)6(10)2-4(3)8;;/h1-2H,(H,10,11);1-2H,10H2;;. The summed E-state index contributed by atoms with van der Waals surface area (Å²) >= 11 is 37.2. The number of halogens is 5. The first-order valence-corrected chi connectivity index (χ1v) is 61.8. The van der Waals surface area contributed by atoms with Gasteiger partial charge in [-0.3, -0.25) is 0 Å². The monoisotopic (exact) mass is 696 g/mol. The normalized spacial score (nSPS) is 9.88. The number of anilines is 1. The number of nitrogen functional groups attached to an aromatic ring is 1. The number of hydrogen-bond acceptors (Lipinski definition) is 3. The second-order valence-corrected chi connectivity index (χ2v) is 7.82. The summed E-state index contributed by atoms with van der Waals surface area (Å²) in [7, 11) is 0. The van der Waals surface area contributed by atoms with E-state index in [1.165, 1.54) is 23.5 Å². The number of aromatic amines is 1. The molecule has 2 nitrogen and oxygen atoms in total. The molecule has 0 spiro atoms. The SMILES string of the molecule is Nc1cc(Cl)c(Cl)cc1Cl.S=c1[nH]c2cc(Cl)c(Cl)cc2s1.[Cs][Cs]. The Labute approximate surface area is 227 Å². The third kappa shape index (κ3) is 8.33. The average molecular weight is 698 g/mol. The van der Waals surface area contributed by atoms with E-state index in [2.05, 4.69) is 4.98 Å². The van der Waals surface area contributed by atoms with Crippen LogP contribution in [0, 0.1) is 3.95 Å². The van der Waals surface area contributed by atoms with Gasteiger partial charge in [0.05, 0.1) is 41.0 Å². The number of benzene rings is 2. The maximum absolute atomic E-state index is 5.82. The average Bonchev–Trinajstić information content (AvgIpc) is 2.88. The van der Waals surface area contributed by atoms with Gasteiger partial charge in [0.15, 0.2) is 3.95 Å². The molecule has 0 aliphatic rings. The van der Waals surface area contributed by atoms with Crippen LogP contribution in [0.1, 0.15) is 0 Å². The van der Waals surface area contributed by atoms with Crippen LogP contribution in [0.2, 0.25) is 25.1 Å². The fourth-order valence-electron chi connectivity index (χ4n) is 1.48. The molecule has 0 bridgehead atoms. The van der Waals surface area contributed by atoms with Crippen LogP contribution in [0.4, 0.5) is 5.69 Å². The summed E-state index contributed by atoms with van der Waals surface area (Å²) in [5.74, 6) is 0. The van der Waals surface area contributed by atoms with Crippen molar-refractivity contribution in [1.29, 1.82) is 0 Å². The summed E-state index contributed by atoms with van der Waals surface area (Å²) in [6.45, 7) is 0. The van der Waals surface area contributed by atoms with Gasteiger partial charge in [0, 0.05) is 0 Å². The third-order valence-corrected chi connectivity index (χ3v) is 5.47. The molecule has 3 N–H and O–H groups in total. The van der Waals surface area contributed by atoms with Crippen molar-refractivity contribution in [2.45, 2.75) is 0 Å². The molecule has 0 saturated heterocycles. The quantitative estimate of drug-likeness (QED) is 0.155. The topological polar surface area (TPSA) is 41.8 Å². The minimum absolute atomic E-state index is 0.417. The van der Waals surface area contributed by atoms with E-state index < -0.39 is 0 Å². The van der Waals surface area contributed by atoms with Gasteiger partial charge in [-0.15, -0.1) is 11.3 Å². The van der Waals surface area contributed by atoms with E-state index in [4.69, 9.17) is 76.0 Å². The Hall–Kier alpha value is 3.90. The Balaban J connectivity index is 0.000000221. The maximum atomic E-state index is 5.82. The molecule has 0 radical (unpaired) electrons. The van der Waals surface area contributed by atoms with Crippen molar-refractivity contribution in [3.05, 3.63) is 53.3 Å². The van der Waals surface area contributed by atoms with Crippen molar-refractivity contribution in [2.75, 3.05) is 5.73 Å².